The van der Waals surface area contributed by atoms with Crippen LogP contribution in [-0.2, 0) is 11.8 Å². The van der Waals surface area contributed by atoms with Gasteiger partial charge in [-0.05, 0) is 50.6 Å². The first-order valence-electron chi connectivity index (χ1n) is 8.91. The molecule has 7 heteroatoms. The summed E-state index contributed by atoms with van der Waals surface area (Å²) in [5.41, 5.74) is 0.997. The van der Waals surface area contributed by atoms with Crippen molar-refractivity contribution in [1.29, 1.82) is 0 Å². The fourth-order valence-electron chi connectivity index (χ4n) is 3.18. The average molecular weight is 360 g/mol. The predicted molar refractivity (Wildman–Crippen MR) is 97.6 cm³/mol. The molecule has 1 saturated heterocycles. The van der Waals surface area contributed by atoms with Gasteiger partial charge in [0.2, 0.25) is 5.91 Å². The first-order valence-corrected chi connectivity index (χ1v) is 8.91. The van der Waals surface area contributed by atoms with Crippen LogP contribution >= 0.6 is 0 Å². The molecular weight excluding hydrogens is 335 g/mol. The molecular formula is C19H25FN4O2. The third-order valence-corrected chi connectivity index (χ3v) is 4.65. The molecule has 3 rings (SSSR count). The van der Waals surface area contributed by atoms with Gasteiger partial charge in [-0.2, -0.15) is 5.10 Å². The molecule has 1 amide bonds. The van der Waals surface area contributed by atoms with Crippen LogP contribution in [0.15, 0.2) is 30.3 Å². The van der Waals surface area contributed by atoms with Gasteiger partial charge in [0.05, 0.1) is 13.2 Å². The number of anilines is 1. The molecule has 2 aromatic rings. The highest BCUT2D eigenvalue weighted by Gasteiger charge is 2.22. The van der Waals surface area contributed by atoms with Gasteiger partial charge in [-0.15, -0.1) is 0 Å². The summed E-state index contributed by atoms with van der Waals surface area (Å²) in [6.45, 7) is 4.59. The molecule has 1 aliphatic heterocycles. The lowest BCUT2D eigenvalue weighted by Crippen LogP contribution is -2.42. The van der Waals surface area contributed by atoms with Gasteiger partial charge in [0, 0.05) is 31.3 Å². The number of nitrogens with zero attached hydrogens (tertiary/aromatic N) is 3. The molecule has 1 aliphatic rings. The van der Waals surface area contributed by atoms with Gasteiger partial charge >= 0.3 is 0 Å². The third kappa shape index (κ3) is 5.05. The zero-order valence-corrected chi connectivity index (χ0v) is 15.2. The van der Waals surface area contributed by atoms with Crippen molar-refractivity contribution in [2.75, 3.05) is 31.6 Å². The van der Waals surface area contributed by atoms with E-state index in [4.69, 9.17) is 4.74 Å². The molecule has 2 heterocycles. The van der Waals surface area contributed by atoms with Gasteiger partial charge in [-0.1, -0.05) is 0 Å². The topological polar surface area (TPSA) is 59.4 Å². The molecule has 0 bridgehead atoms. The Kier molecular flexibility index (Phi) is 5.88. The number of benzene rings is 1. The molecule has 1 N–H and O–H groups in total. The number of ether oxygens (including phenoxy) is 1. The molecule has 0 saturated carbocycles. The fourth-order valence-corrected chi connectivity index (χ4v) is 3.18. The number of carbonyl (C=O) groups is 1. The summed E-state index contributed by atoms with van der Waals surface area (Å²) in [5, 5.41) is 7.10. The van der Waals surface area contributed by atoms with Crippen molar-refractivity contribution in [2.45, 2.75) is 19.8 Å². The minimum Gasteiger partial charge on any atom is -0.493 e. The smallest absolute Gasteiger partial charge is 0.239 e. The molecule has 1 aromatic heterocycles. The minimum absolute atomic E-state index is 0.0526. The molecule has 0 radical (unpaired) electrons. The summed E-state index contributed by atoms with van der Waals surface area (Å²) < 4.78 is 20.4. The maximum Gasteiger partial charge on any atom is 0.239 e. The quantitative estimate of drug-likeness (QED) is 0.860. The highest BCUT2D eigenvalue weighted by atomic mass is 19.1. The van der Waals surface area contributed by atoms with Crippen molar-refractivity contribution < 1.29 is 13.9 Å². The second-order valence-electron chi connectivity index (χ2n) is 6.85. The van der Waals surface area contributed by atoms with Crippen LogP contribution in [0.3, 0.4) is 0 Å². The summed E-state index contributed by atoms with van der Waals surface area (Å²) in [5.74, 6) is 1.30. The Morgan fingerprint density at radius 1 is 1.38 bits per heavy atom. The second-order valence-corrected chi connectivity index (χ2v) is 6.85. The molecule has 6 nitrogen and oxygen atoms in total. The summed E-state index contributed by atoms with van der Waals surface area (Å²) in [6.07, 6.45) is 2.10. The van der Waals surface area contributed by atoms with Gasteiger partial charge in [0.1, 0.15) is 11.6 Å². The highest BCUT2D eigenvalue weighted by Crippen LogP contribution is 2.19. The summed E-state index contributed by atoms with van der Waals surface area (Å²) in [6, 6.07) is 7.92. The van der Waals surface area contributed by atoms with Crippen LogP contribution in [0.2, 0.25) is 0 Å². The van der Waals surface area contributed by atoms with Crippen LogP contribution in [0.4, 0.5) is 10.2 Å². The lowest BCUT2D eigenvalue weighted by molar-refractivity contribution is -0.117. The van der Waals surface area contributed by atoms with Gasteiger partial charge < -0.3 is 10.1 Å². The number of rotatable bonds is 6. The van der Waals surface area contributed by atoms with E-state index in [1.807, 2.05) is 20.0 Å². The molecule has 26 heavy (non-hydrogen) atoms. The van der Waals surface area contributed by atoms with Crippen molar-refractivity contribution in [2.24, 2.45) is 13.0 Å². The SMILES string of the molecule is Cc1cc(NC(=O)CN2CCCC(COc3ccc(F)cc3)C2)nn1C. The van der Waals surface area contributed by atoms with Crippen LogP contribution in [0, 0.1) is 18.7 Å². The van der Waals surface area contributed by atoms with Crippen molar-refractivity contribution in [3.63, 3.8) is 0 Å². The van der Waals surface area contributed by atoms with Crippen molar-refractivity contribution in [1.82, 2.24) is 14.7 Å². The minimum atomic E-state index is -0.268. The monoisotopic (exact) mass is 360 g/mol. The first kappa shape index (κ1) is 18.4. The predicted octanol–water partition coefficient (Wildman–Crippen LogP) is 2.60. The number of likely N-dealkylation sites (tertiary alicyclic amines) is 1. The van der Waals surface area contributed by atoms with Crippen LogP contribution in [0.5, 0.6) is 5.75 Å². The van der Waals surface area contributed by atoms with E-state index >= 15 is 0 Å². The van der Waals surface area contributed by atoms with Gasteiger partial charge in [0.15, 0.2) is 5.82 Å². The highest BCUT2D eigenvalue weighted by molar-refractivity contribution is 5.91. The van der Waals surface area contributed by atoms with E-state index in [1.54, 1.807) is 16.8 Å². The maximum absolute atomic E-state index is 12.9. The Balaban J connectivity index is 1.45. The normalized spacial score (nSPS) is 17.9. The van der Waals surface area contributed by atoms with Crippen molar-refractivity contribution >= 4 is 11.7 Å². The van der Waals surface area contributed by atoms with E-state index in [1.165, 1.54) is 12.1 Å². The van der Waals surface area contributed by atoms with Crippen LogP contribution in [-0.4, -0.2) is 46.8 Å². The molecule has 1 aromatic carbocycles. The van der Waals surface area contributed by atoms with E-state index < -0.39 is 0 Å². The van der Waals surface area contributed by atoms with Gasteiger partial charge in [0.25, 0.3) is 0 Å². The molecule has 1 fully saturated rings. The van der Waals surface area contributed by atoms with E-state index in [-0.39, 0.29) is 11.7 Å². The molecule has 0 spiro atoms. The number of hydrogen-bond donors (Lipinski definition) is 1. The van der Waals surface area contributed by atoms with Crippen LogP contribution < -0.4 is 10.1 Å². The fraction of sp³-hybridized carbons (Fsp3) is 0.474. The van der Waals surface area contributed by atoms with E-state index in [9.17, 15) is 9.18 Å². The Bertz CT molecular complexity index is 725. The van der Waals surface area contributed by atoms with E-state index in [0.29, 0.717) is 30.6 Å². The number of aryl methyl sites for hydroxylation is 2. The molecule has 1 atom stereocenters. The average Bonchev–Trinajstić information content (AvgIpc) is 2.92. The lowest BCUT2D eigenvalue weighted by atomic mass is 9.99. The third-order valence-electron chi connectivity index (χ3n) is 4.65. The van der Waals surface area contributed by atoms with Gasteiger partial charge in [-0.25, -0.2) is 4.39 Å². The zero-order chi connectivity index (χ0) is 18.5. The number of carbonyl (C=O) groups excluding carboxylic acids is 1. The number of piperidine rings is 1. The number of aromatic nitrogens is 2. The number of halogens is 1. The van der Waals surface area contributed by atoms with E-state index in [2.05, 4.69) is 15.3 Å². The Morgan fingerprint density at radius 2 is 2.15 bits per heavy atom. The zero-order valence-electron chi connectivity index (χ0n) is 15.2. The number of hydrogen-bond acceptors (Lipinski definition) is 4. The standard InChI is InChI=1S/C19H25FN4O2/c1-14-10-18(22-23(14)2)21-19(25)12-24-9-3-4-15(11-24)13-26-17-7-5-16(20)6-8-17/h5-8,10,15H,3-4,9,11-13H2,1-2H3,(H,21,22,25). The van der Waals surface area contributed by atoms with Gasteiger partial charge in [-0.3, -0.25) is 14.4 Å². The maximum atomic E-state index is 12.9. The Labute approximate surface area is 152 Å². The summed E-state index contributed by atoms with van der Waals surface area (Å²) in [7, 11) is 1.85. The largest absolute Gasteiger partial charge is 0.493 e. The lowest BCUT2D eigenvalue weighted by Gasteiger charge is -2.32. The Hall–Kier alpha value is -2.41. The summed E-state index contributed by atoms with van der Waals surface area (Å²) >= 11 is 0. The number of nitrogens with one attached hydrogen (secondary N) is 1. The van der Waals surface area contributed by atoms with Crippen LogP contribution in [0.25, 0.3) is 0 Å². The molecule has 140 valence electrons. The Morgan fingerprint density at radius 3 is 2.85 bits per heavy atom. The number of amides is 1. The van der Waals surface area contributed by atoms with Crippen molar-refractivity contribution in [3.8, 4) is 5.75 Å². The van der Waals surface area contributed by atoms with Crippen molar-refractivity contribution in [3.05, 3.63) is 41.8 Å². The molecule has 1 unspecified atom stereocenters. The van der Waals surface area contributed by atoms with E-state index in [0.717, 1.165) is 31.6 Å². The first-order chi connectivity index (χ1) is 12.5. The second kappa shape index (κ2) is 8.31. The molecule has 0 aliphatic carbocycles. The summed E-state index contributed by atoms with van der Waals surface area (Å²) in [4.78, 5) is 14.4. The van der Waals surface area contributed by atoms with Crippen LogP contribution in [0.1, 0.15) is 18.5 Å².